The summed E-state index contributed by atoms with van der Waals surface area (Å²) in [4.78, 5) is 22.8. The number of amides is 2. The normalized spacial score (nSPS) is 13.1. The predicted octanol–water partition coefficient (Wildman–Crippen LogP) is 4.44. The Bertz CT molecular complexity index is 367. The molecule has 0 aliphatic carbocycles. The predicted molar refractivity (Wildman–Crippen MR) is 79.5 cm³/mol. The zero-order valence-corrected chi connectivity index (χ0v) is 14.8. The van der Waals surface area contributed by atoms with E-state index >= 15 is 0 Å². The second-order valence-electron chi connectivity index (χ2n) is 7.13. The van der Waals surface area contributed by atoms with E-state index in [1.807, 2.05) is 41.5 Å². The summed E-state index contributed by atoms with van der Waals surface area (Å²) in [6, 6.07) is 0. The summed E-state index contributed by atoms with van der Waals surface area (Å²) in [6.45, 7) is 15.6. The van der Waals surface area contributed by atoms with Gasteiger partial charge in [-0.25, -0.2) is 9.59 Å². The summed E-state index contributed by atoms with van der Waals surface area (Å²) in [5.74, 6) is 0. The maximum absolute atomic E-state index is 11.7. The van der Waals surface area contributed by atoms with Crippen molar-refractivity contribution in [3.05, 3.63) is 0 Å². The summed E-state index contributed by atoms with van der Waals surface area (Å²) in [6.07, 6.45) is -2.02. The summed E-state index contributed by atoms with van der Waals surface area (Å²) >= 11 is 0. The van der Waals surface area contributed by atoms with E-state index in [0.29, 0.717) is 0 Å². The van der Waals surface area contributed by atoms with E-state index in [0.717, 1.165) is 0 Å². The van der Waals surface area contributed by atoms with E-state index in [1.54, 1.807) is 13.8 Å². The third kappa shape index (κ3) is 7.37. The number of rotatable bonds is 2. The largest absolute Gasteiger partial charge is 0.503 e. The molecular weight excluding hydrogens is 276 g/mol. The molecule has 0 atom stereocenters. The minimum atomic E-state index is -1.92. The van der Waals surface area contributed by atoms with Crippen LogP contribution >= 0.6 is 0 Å². The Labute approximate surface area is 122 Å². The molecule has 0 aliphatic heterocycles. The Morgan fingerprint density at radius 2 is 1.30 bits per heavy atom. The van der Waals surface area contributed by atoms with Crippen LogP contribution < -0.4 is 0 Å². The lowest BCUT2D eigenvalue weighted by molar-refractivity contribution is 0.123. The van der Waals surface area contributed by atoms with Crippen molar-refractivity contribution in [3.8, 4) is 0 Å². The van der Waals surface area contributed by atoms with Crippen LogP contribution in [0.15, 0.2) is 10.2 Å². The molecule has 0 N–H and O–H groups in total. The maximum Gasteiger partial charge on any atom is 0.452 e. The molecule has 0 unspecified atom stereocenters. The monoisotopic (exact) mass is 302 g/mol. The van der Waals surface area contributed by atoms with Crippen LogP contribution in [0.1, 0.15) is 55.4 Å². The molecule has 0 aliphatic rings. The highest BCUT2D eigenvalue weighted by Crippen LogP contribution is 2.42. The van der Waals surface area contributed by atoms with Gasteiger partial charge in [-0.2, -0.15) is 0 Å². The Hall–Kier alpha value is -1.24. The molecule has 0 radical (unpaired) electrons. The zero-order valence-electron chi connectivity index (χ0n) is 13.7. The van der Waals surface area contributed by atoms with Gasteiger partial charge in [0, 0.05) is 0 Å². The van der Waals surface area contributed by atoms with E-state index in [4.69, 9.17) is 9.16 Å². The van der Waals surface area contributed by atoms with Crippen LogP contribution in [0, 0.1) is 0 Å². The van der Waals surface area contributed by atoms with Crippen molar-refractivity contribution in [3.63, 3.8) is 0 Å². The zero-order chi connectivity index (χ0) is 16.1. The van der Waals surface area contributed by atoms with E-state index in [1.165, 1.54) is 0 Å². The van der Waals surface area contributed by atoms with Crippen molar-refractivity contribution in [2.24, 2.45) is 10.2 Å². The SMILES string of the molecule is CC(C)OC(=O)N=NC(=O)O[SiH](C(C)(C)C)C(C)(C)C. The minimum Gasteiger partial charge on any atom is -0.503 e. The number of nitrogens with zero attached hydrogens (tertiary/aromatic N) is 2. The fourth-order valence-electron chi connectivity index (χ4n) is 2.08. The average Bonchev–Trinajstić information content (AvgIpc) is 2.18. The lowest BCUT2D eigenvalue weighted by Crippen LogP contribution is -2.39. The number of carbonyl (C=O) groups excluding carboxylic acids is 2. The van der Waals surface area contributed by atoms with Gasteiger partial charge in [-0.15, -0.1) is 0 Å². The van der Waals surface area contributed by atoms with E-state index in [2.05, 4.69) is 10.2 Å². The fraction of sp³-hybridized carbons (Fsp3) is 0.846. The molecule has 20 heavy (non-hydrogen) atoms. The smallest absolute Gasteiger partial charge is 0.452 e. The molecule has 0 spiro atoms. The van der Waals surface area contributed by atoms with Crippen LogP contribution in [0.5, 0.6) is 0 Å². The van der Waals surface area contributed by atoms with Gasteiger partial charge >= 0.3 is 12.2 Å². The van der Waals surface area contributed by atoms with Crippen molar-refractivity contribution in [1.29, 1.82) is 0 Å². The van der Waals surface area contributed by atoms with Gasteiger partial charge in [0.25, 0.3) is 9.04 Å². The van der Waals surface area contributed by atoms with Gasteiger partial charge in [0.1, 0.15) is 0 Å². The van der Waals surface area contributed by atoms with Crippen molar-refractivity contribution in [2.75, 3.05) is 0 Å². The molecular formula is C13H26N2O4Si. The van der Waals surface area contributed by atoms with Gasteiger partial charge in [0.05, 0.1) is 6.10 Å². The molecule has 2 amide bonds. The molecule has 6 nitrogen and oxygen atoms in total. The molecule has 7 heteroatoms. The molecule has 0 heterocycles. The topological polar surface area (TPSA) is 77.3 Å². The first kappa shape index (κ1) is 18.8. The summed E-state index contributed by atoms with van der Waals surface area (Å²) in [5.41, 5.74) is 0. The van der Waals surface area contributed by atoms with Crippen LogP contribution in [0.3, 0.4) is 0 Å². The number of ether oxygens (including phenoxy) is 1. The third-order valence-electron chi connectivity index (χ3n) is 2.34. The van der Waals surface area contributed by atoms with Gasteiger partial charge in [-0.3, -0.25) is 0 Å². The Morgan fingerprint density at radius 3 is 1.65 bits per heavy atom. The highest BCUT2D eigenvalue weighted by molar-refractivity contribution is 6.60. The second-order valence-corrected chi connectivity index (χ2v) is 11.6. The quantitative estimate of drug-likeness (QED) is 0.558. The lowest BCUT2D eigenvalue weighted by Gasteiger charge is -2.36. The first-order chi connectivity index (χ1) is 8.84. The standard InChI is InChI=1S/C13H26N2O4Si/c1-9(2)18-10(16)14-15-11(17)19-20(12(3,4)5)13(6,7)8/h9,20H,1-8H3. The summed E-state index contributed by atoms with van der Waals surface area (Å²) < 4.78 is 10.2. The highest BCUT2D eigenvalue weighted by Gasteiger charge is 2.41. The third-order valence-corrected chi connectivity index (χ3v) is 5.93. The van der Waals surface area contributed by atoms with E-state index < -0.39 is 21.2 Å². The molecule has 0 aromatic carbocycles. The first-order valence-electron chi connectivity index (χ1n) is 6.67. The van der Waals surface area contributed by atoms with Crippen LogP contribution in [0.2, 0.25) is 10.1 Å². The summed E-state index contributed by atoms with van der Waals surface area (Å²) in [5, 5.41) is 6.24. The van der Waals surface area contributed by atoms with Crippen molar-refractivity contribution < 1.29 is 18.8 Å². The Balaban J connectivity index is 4.72. The summed E-state index contributed by atoms with van der Waals surface area (Å²) in [7, 11) is -1.92. The van der Waals surface area contributed by atoms with E-state index in [-0.39, 0.29) is 16.2 Å². The number of carbonyl (C=O) groups is 2. The van der Waals surface area contributed by atoms with Gasteiger partial charge in [0.2, 0.25) is 0 Å². The van der Waals surface area contributed by atoms with E-state index in [9.17, 15) is 9.59 Å². The van der Waals surface area contributed by atoms with Gasteiger partial charge in [0.15, 0.2) is 0 Å². The van der Waals surface area contributed by atoms with Crippen LogP contribution in [-0.2, 0) is 9.16 Å². The van der Waals surface area contributed by atoms with Crippen molar-refractivity contribution >= 4 is 21.2 Å². The maximum atomic E-state index is 11.7. The molecule has 0 saturated carbocycles. The highest BCUT2D eigenvalue weighted by atomic mass is 28.3. The van der Waals surface area contributed by atoms with Gasteiger partial charge in [-0.1, -0.05) is 51.8 Å². The van der Waals surface area contributed by atoms with Crippen LogP contribution in [-0.4, -0.2) is 27.3 Å². The lowest BCUT2D eigenvalue weighted by atomic mass is 10.2. The van der Waals surface area contributed by atoms with Crippen molar-refractivity contribution in [2.45, 2.75) is 71.6 Å². The molecule has 116 valence electrons. The number of hydrogen-bond acceptors (Lipinski definition) is 4. The molecule has 0 bridgehead atoms. The van der Waals surface area contributed by atoms with Crippen LogP contribution in [0.25, 0.3) is 0 Å². The Morgan fingerprint density at radius 1 is 0.900 bits per heavy atom. The molecule has 0 saturated heterocycles. The fourth-order valence-corrected chi connectivity index (χ4v) is 5.64. The first-order valence-corrected chi connectivity index (χ1v) is 8.29. The molecule has 0 fully saturated rings. The molecule has 0 rings (SSSR count). The van der Waals surface area contributed by atoms with Gasteiger partial charge < -0.3 is 9.16 Å². The molecule has 0 aromatic heterocycles. The number of hydrogen-bond donors (Lipinski definition) is 0. The van der Waals surface area contributed by atoms with Gasteiger partial charge in [-0.05, 0) is 23.9 Å². The van der Waals surface area contributed by atoms with Crippen LogP contribution in [0.4, 0.5) is 9.59 Å². The van der Waals surface area contributed by atoms with Crippen molar-refractivity contribution in [1.82, 2.24) is 0 Å². The second kappa shape index (κ2) is 6.96. The Kier molecular flexibility index (Phi) is 6.53. The number of azo groups is 1. The molecule has 0 aromatic rings. The minimum absolute atomic E-state index is 0.109. The average molecular weight is 302 g/mol.